The summed E-state index contributed by atoms with van der Waals surface area (Å²) in [6, 6.07) is 4.07. The molecule has 3 heterocycles. The van der Waals surface area contributed by atoms with Gasteiger partial charge in [-0.05, 0) is 43.7 Å². The summed E-state index contributed by atoms with van der Waals surface area (Å²) in [5.74, 6) is -1.40. The Morgan fingerprint density at radius 1 is 1.29 bits per heavy atom. The van der Waals surface area contributed by atoms with Crippen LogP contribution >= 0.6 is 0 Å². The van der Waals surface area contributed by atoms with Gasteiger partial charge in [-0.15, -0.1) is 0 Å². The van der Waals surface area contributed by atoms with Gasteiger partial charge in [-0.2, -0.15) is 0 Å². The third-order valence-corrected chi connectivity index (χ3v) is 6.03. The predicted molar refractivity (Wildman–Crippen MR) is 124 cm³/mol. The Kier molecular flexibility index (Phi) is 6.80. The molecule has 180 valence electrons. The average molecular weight is 471 g/mol. The molecule has 1 atom stereocenters. The number of aryl methyl sites for hydroxylation is 1. The highest BCUT2D eigenvalue weighted by atomic mass is 19.1. The number of ether oxygens (including phenoxy) is 1. The van der Waals surface area contributed by atoms with Crippen molar-refractivity contribution in [3.05, 3.63) is 52.1 Å². The van der Waals surface area contributed by atoms with Crippen molar-refractivity contribution in [1.82, 2.24) is 15.2 Å². The van der Waals surface area contributed by atoms with Crippen LogP contribution in [0.4, 0.5) is 10.1 Å². The number of aliphatic hydroxyl groups is 1. The van der Waals surface area contributed by atoms with Crippen molar-refractivity contribution in [3.8, 4) is 0 Å². The fourth-order valence-electron chi connectivity index (χ4n) is 4.22. The molecule has 2 aliphatic heterocycles. The average Bonchev–Trinajstić information content (AvgIpc) is 3.27. The van der Waals surface area contributed by atoms with E-state index in [0.717, 1.165) is 0 Å². The third-order valence-electron chi connectivity index (χ3n) is 6.03. The largest absolute Gasteiger partial charge is 0.391 e. The number of hydrogen-bond acceptors (Lipinski definition) is 5. The van der Waals surface area contributed by atoms with Crippen molar-refractivity contribution in [1.29, 1.82) is 0 Å². The van der Waals surface area contributed by atoms with E-state index in [4.69, 9.17) is 4.74 Å². The highest BCUT2D eigenvalue weighted by molar-refractivity contribution is 6.34. The smallest absolute Gasteiger partial charge is 0.256 e. The summed E-state index contributed by atoms with van der Waals surface area (Å²) >= 11 is 0. The van der Waals surface area contributed by atoms with E-state index in [1.54, 1.807) is 24.8 Å². The number of aromatic nitrogens is 1. The SMILES string of the molecule is Cc1[nH]c(C=C2C(=O)Nc3ccc(F)cc32)c(C)c1C(=O)NCC(O)CC(=O)N1CCOCC1. The van der Waals surface area contributed by atoms with Crippen molar-refractivity contribution in [2.24, 2.45) is 0 Å². The number of nitrogens with one attached hydrogen (secondary N) is 3. The van der Waals surface area contributed by atoms with Crippen molar-refractivity contribution >= 4 is 35.1 Å². The Morgan fingerprint density at radius 3 is 2.76 bits per heavy atom. The monoisotopic (exact) mass is 470 g/mol. The number of anilines is 1. The maximum Gasteiger partial charge on any atom is 0.256 e. The van der Waals surface area contributed by atoms with E-state index < -0.39 is 17.8 Å². The number of carbonyl (C=O) groups is 3. The number of amides is 3. The number of H-pyrrole nitrogens is 1. The fraction of sp³-hybridized carbons (Fsp3) is 0.375. The van der Waals surface area contributed by atoms with Gasteiger partial charge in [0, 0.05) is 42.3 Å². The number of aromatic amines is 1. The summed E-state index contributed by atoms with van der Waals surface area (Å²) in [4.78, 5) is 42.2. The van der Waals surface area contributed by atoms with Gasteiger partial charge in [0.15, 0.2) is 0 Å². The number of rotatable bonds is 6. The van der Waals surface area contributed by atoms with Crippen molar-refractivity contribution in [3.63, 3.8) is 0 Å². The molecule has 1 unspecified atom stereocenters. The second-order valence-corrected chi connectivity index (χ2v) is 8.43. The van der Waals surface area contributed by atoms with E-state index in [0.29, 0.717) is 65.6 Å². The van der Waals surface area contributed by atoms with Crippen LogP contribution < -0.4 is 10.6 Å². The number of hydrogen-bond donors (Lipinski definition) is 4. The summed E-state index contributed by atoms with van der Waals surface area (Å²) in [6.07, 6.45) is 0.484. The zero-order valence-corrected chi connectivity index (χ0v) is 19.0. The number of fused-ring (bicyclic) bond motifs is 1. The van der Waals surface area contributed by atoms with E-state index >= 15 is 0 Å². The molecule has 0 radical (unpaired) electrons. The normalized spacial score (nSPS) is 17.5. The Balaban J connectivity index is 1.44. The first-order valence-corrected chi connectivity index (χ1v) is 11.1. The third kappa shape index (κ3) is 4.87. The van der Waals surface area contributed by atoms with Gasteiger partial charge in [0.25, 0.3) is 11.8 Å². The molecular weight excluding hydrogens is 443 g/mol. The van der Waals surface area contributed by atoms with Crippen molar-refractivity contribution in [2.45, 2.75) is 26.4 Å². The topological polar surface area (TPSA) is 124 Å². The summed E-state index contributed by atoms with van der Waals surface area (Å²) in [5, 5.41) is 15.6. The molecule has 10 heteroatoms. The van der Waals surface area contributed by atoms with Crippen LogP contribution in [0.5, 0.6) is 0 Å². The van der Waals surface area contributed by atoms with Crippen LogP contribution in [0.15, 0.2) is 18.2 Å². The lowest BCUT2D eigenvalue weighted by molar-refractivity contribution is -0.137. The van der Waals surface area contributed by atoms with Gasteiger partial charge in [0.2, 0.25) is 5.91 Å². The second kappa shape index (κ2) is 9.78. The lowest BCUT2D eigenvalue weighted by Gasteiger charge is -2.27. The first kappa shape index (κ1) is 23.7. The first-order valence-electron chi connectivity index (χ1n) is 11.1. The molecule has 1 aromatic heterocycles. The van der Waals surface area contributed by atoms with Crippen LogP contribution in [-0.4, -0.2) is 71.7 Å². The zero-order chi connectivity index (χ0) is 24.4. The lowest BCUT2D eigenvalue weighted by Crippen LogP contribution is -2.43. The number of carbonyl (C=O) groups excluding carboxylic acids is 3. The van der Waals surface area contributed by atoms with Crippen LogP contribution in [0.25, 0.3) is 11.6 Å². The maximum absolute atomic E-state index is 13.7. The first-order chi connectivity index (χ1) is 16.2. The fourth-order valence-corrected chi connectivity index (χ4v) is 4.22. The Morgan fingerprint density at radius 2 is 2.03 bits per heavy atom. The zero-order valence-electron chi connectivity index (χ0n) is 19.0. The quantitative estimate of drug-likeness (QED) is 0.478. The predicted octanol–water partition coefficient (Wildman–Crippen LogP) is 1.60. The number of benzene rings is 1. The Hall–Kier alpha value is -3.50. The summed E-state index contributed by atoms with van der Waals surface area (Å²) in [5.41, 5.74) is 3.40. The molecule has 4 N–H and O–H groups in total. The molecule has 3 amide bonds. The van der Waals surface area contributed by atoms with Crippen LogP contribution in [0.2, 0.25) is 0 Å². The van der Waals surface area contributed by atoms with Gasteiger partial charge in [-0.25, -0.2) is 4.39 Å². The number of morpholine rings is 1. The lowest BCUT2D eigenvalue weighted by atomic mass is 10.0. The minimum Gasteiger partial charge on any atom is -0.391 e. The molecule has 34 heavy (non-hydrogen) atoms. The minimum absolute atomic E-state index is 0.0789. The van der Waals surface area contributed by atoms with E-state index in [-0.39, 0.29) is 24.8 Å². The van der Waals surface area contributed by atoms with Crippen LogP contribution in [-0.2, 0) is 14.3 Å². The maximum atomic E-state index is 13.7. The molecule has 1 saturated heterocycles. The molecular formula is C24H27FN4O5. The summed E-state index contributed by atoms with van der Waals surface area (Å²) < 4.78 is 18.9. The highest BCUT2D eigenvalue weighted by Crippen LogP contribution is 2.34. The van der Waals surface area contributed by atoms with Crippen LogP contribution in [0.1, 0.15) is 39.3 Å². The van der Waals surface area contributed by atoms with Gasteiger partial charge < -0.3 is 30.4 Å². The van der Waals surface area contributed by atoms with Gasteiger partial charge in [0.1, 0.15) is 5.82 Å². The van der Waals surface area contributed by atoms with E-state index in [1.807, 2.05) is 0 Å². The van der Waals surface area contributed by atoms with Gasteiger partial charge >= 0.3 is 0 Å². The summed E-state index contributed by atoms with van der Waals surface area (Å²) in [7, 11) is 0. The number of aliphatic hydroxyl groups excluding tert-OH is 1. The molecule has 0 aliphatic carbocycles. The van der Waals surface area contributed by atoms with Crippen molar-refractivity contribution < 1.29 is 28.6 Å². The molecule has 0 bridgehead atoms. The highest BCUT2D eigenvalue weighted by Gasteiger charge is 2.26. The number of nitrogens with zero attached hydrogens (tertiary/aromatic N) is 1. The van der Waals surface area contributed by atoms with Gasteiger partial charge in [0.05, 0.1) is 36.9 Å². The standard InChI is InChI=1S/C24H27FN4O5/c1-13-20(11-18-17-9-15(25)3-4-19(17)28-23(18)32)27-14(2)22(13)24(33)26-12-16(30)10-21(31)29-5-7-34-8-6-29/h3-4,9,11,16,27,30H,5-8,10,12H2,1-2H3,(H,26,33)(H,28,32). The number of halogens is 1. The molecule has 1 fully saturated rings. The van der Waals surface area contributed by atoms with E-state index in [2.05, 4.69) is 15.6 Å². The summed E-state index contributed by atoms with van der Waals surface area (Å²) in [6.45, 7) is 5.33. The minimum atomic E-state index is -1.02. The molecule has 0 saturated carbocycles. The van der Waals surface area contributed by atoms with E-state index in [9.17, 15) is 23.9 Å². The Bertz CT molecular complexity index is 1170. The molecule has 2 aliphatic rings. The Labute approximate surface area is 196 Å². The molecule has 4 rings (SSSR count). The van der Waals surface area contributed by atoms with Crippen LogP contribution in [0, 0.1) is 19.7 Å². The second-order valence-electron chi connectivity index (χ2n) is 8.43. The van der Waals surface area contributed by atoms with Crippen LogP contribution in [0.3, 0.4) is 0 Å². The van der Waals surface area contributed by atoms with E-state index in [1.165, 1.54) is 18.2 Å². The molecule has 2 aromatic rings. The van der Waals surface area contributed by atoms with Crippen molar-refractivity contribution in [2.75, 3.05) is 38.2 Å². The molecule has 9 nitrogen and oxygen atoms in total. The molecule has 0 spiro atoms. The molecule has 1 aromatic carbocycles. The van der Waals surface area contributed by atoms with Gasteiger partial charge in [-0.3, -0.25) is 14.4 Å². The van der Waals surface area contributed by atoms with Gasteiger partial charge in [-0.1, -0.05) is 0 Å².